The number of carboxylic acid groups (broad SMARTS) is 1. The number of aryl methyl sites for hydroxylation is 1. The first kappa shape index (κ1) is 26.1. The normalized spacial score (nSPS) is 11.8. The molecule has 202 valence electrons. The average molecular weight is 539 g/mol. The van der Waals surface area contributed by atoms with E-state index in [0.717, 1.165) is 44.5 Å². The van der Waals surface area contributed by atoms with Gasteiger partial charge in [0.1, 0.15) is 17.1 Å². The Morgan fingerprint density at radius 2 is 1.32 bits per heavy atom. The first-order chi connectivity index (χ1) is 20.0. The molecule has 0 aliphatic heterocycles. The Bertz CT molecular complexity index is 1770. The van der Waals surface area contributed by atoms with Crippen molar-refractivity contribution in [1.29, 1.82) is 0 Å². The maximum absolute atomic E-state index is 11.8. The van der Waals surface area contributed by atoms with Crippen LogP contribution in [0, 0.1) is 6.92 Å². The summed E-state index contributed by atoms with van der Waals surface area (Å²) in [6.45, 7) is 2.10. The number of aliphatic carboxylic acids is 1. The second kappa shape index (κ2) is 11.6. The summed E-state index contributed by atoms with van der Waals surface area (Å²) in [4.78, 5) is 11.8. The average Bonchev–Trinajstić information content (AvgIpc) is 3.35. The summed E-state index contributed by atoms with van der Waals surface area (Å²) in [6.07, 6.45) is 0.0591. The van der Waals surface area contributed by atoms with Gasteiger partial charge in [-0.2, -0.15) is 0 Å². The van der Waals surface area contributed by atoms with Crippen LogP contribution >= 0.6 is 0 Å². The molecule has 5 aromatic carbocycles. The van der Waals surface area contributed by atoms with Gasteiger partial charge in [-0.15, -0.1) is 0 Å². The Balaban J connectivity index is 1.24. The molecule has 6 aromatic rings. The van der Waals surface area contributed by atoms with Crippen LogP contribution in [0.4, 0.5) is 0 Å². The van der Waals surface area contributed by atoms with Crippen molar-refractivity contribution in [1.82, 2.24) is 0 Å². The lowest BCUT2D eigenvalue weighted by Gasteiger charge is -2.15. The summed E-state index contributed by atoms with van der Waals surface area (Å²) >= 11 is 0. The second-order valence-corrected chi connectivity index (χ2v) is 10.3. The molecule has 0 fully saturated rings. The van der Waals surface area contributed by atoms with Gasteiger partial charge in [0.25, 0.3) is 0 Å². The van der Waals surface area contributed by atoms with E-state index in [1.807, 2.05) is 60.7 Å². The smallest absolute Gasteiger partial charge is 0.345 e. The molecule has 0 aliphatic carbocycles. The summed E-state index contributed by atoms with van der Waals surface area (Å²) < 4.78 is 12.2. The van der Waals surface area contributed by atoms with Gasteiger partial charge in [-0.05, 0) is 59.0 Å². The van der Waals surface area contributed by atoms with Crippen molar-refractivity contribution in [2.75, 3.05) is 0 Å². The maximum Gasteiger partial charge on any atom is 0.345 e. The minimum atomic E-state index is -0.984. The number of ether oxygens (including phenoxy) is 1. The van der Waals surface area contributed by atoms with E-state index in [1.54, 1.807) is 0 Å². The predicted molar refractivity (Wildman–Crippen MR) is 163 cm³/mol. The molecule has 1 N–H and O–H groups in total. The van der Waals surface area contributed by atoms with E-state index in [0.29, 0.717) is 18.6 Å². The molecular formula is C37H30O4. The maximum atomic E-state index is 11.8. The standard InChI is InChI=1S/C37H30O4/c1-25-12-21-33-32(22-25)36(34(41-33)23-26-8-4-2-5-9-26)30-15-13-28(14-16-30)29-17-19-31(20-18-29)40-35(37(38)39)24-27-10-6-3-7-11-27/h2-22,35H,23-24H2,1H3,(H,38,39)/t35-/m1/s1. The minimum Gasteiger partial charge on any atom is -0.478 e. The first-order valence-corrected chi connectivity index (χ1v) is 13.7. The molecule has 6 rings (SSSR count). The van der Waals surface area contributed by atoms with Crippen LogP contribution in [0.3, 0.4) is 0 Å². The van der Waals surface area contributed by atoms with Crippen molar-refractivity contribution in [3.8, 4) is 28.0 Å². The van der Waals surface area contributed by atoms with E-state index in [-0.39, 0.29) is 0 Å². The summed E-state index contributed by atoms with van der Waals surface area (Å²) in [5.74, 6) is 0.496. The van der Waals surface area contributed by atoms with Crippen molar-refractivity contribution in [3.05, 3.63) is 150 Å². The highest BCUT2D eigenvalue weighted by atomic mass is 16.5. The topological polar surface area (TPSA) is 59.7 Å². The molecule has 1 atom stereocenters. The fourth-order valence-electron chi connectivity index (χ4n) is 5.21. The SMILES string of the molecule is Cc1ccc2oc(Cc3ccccc3)c(-c3ccc(-c4ccc(O[C@H](Cc5ccccc5)C(=O)O)cc4)cc3)c2c1. The number of benzene rings is 5. The van der Waals surface area contributed by atoms with Crippen LogP contribution < -0.4 is 4.74 Å². The summed E-state index contributed by atoms with van der Waals surface area (Å²) in [7, 11) is 0. The lowest BCUT2D eigenvalue weighted by Crippen LogP contribution is -2.29. The van der Waals surface area contributed by atoms with Crippen LogP contribution in [-0.4, -0.2) is 17.2 Å². The van der Waals surface area contributed by atoms with E-state index < -0.39 is 12.1 Å². The number of fused-ring (bicyclic) bond motifs is 1. The van der Waals surface area contributed by atoms with E-state index >= 15 is 0 Å². The minimum absolute atomic E-state index is 0.299. The lowest BCUT2D eigenvalue weighted by atomic mass is 9.96. The highest BCUT2D eigenvalue weighted by Gasteiger charge is 2.20. The number of hydrogen-bond donors (Lipinski definition) is 1. The molecule has 0 aliphatic rings. The molecule has 0 saturated heterocycles. The van der Waals surface area contributed by atoms with Crippen molar-refractivity contribution < 1.29 is 19.1 Å². The second-order valence-electron chi connectivity index (χ2n) is 10.3. The van der Waals surface area contributed by atoms with E-state index in [4.69, 9.17) is 9.15 Å². The third-order valence-corrected chi connectivity index (χ3v) is 7.30. The van der Waals surface area contributed by atoms with Crippen LogP contribution in [0.15, 0.2) is 132 Å². The third-order valence-electron chi connectivity index (χ3n) is 7.30. The van der Waals surface area contributed by atoms with E-state index in [2.05, 4.69) is 73.7 Å². The van der Waals surface area contributed by atoms with E-state index in [1.165, 1.54) is 11.1 Å². The fraction of sp³-hybridized carbons (Fsp3) is 0.108. The molecule has 0 spiro atoms. The van der Waals surface area contributed by atoms with Gasteiger partial charge in [0.15, 0.2) is 6.10 Å². The van der Waals surface area contributed by atoms with Gasteiger partial charge in [0.05, 0.1) is 0 Å². The van der Waals surface area contributed by atoms with Gasteiger partial charge >= 0.3 is 5.97 Å². The van der Waals surface area contributed by atoms with Crippen LogP contribution in [0.1, 0.15) is 22.5 Å². The lowest BCUT2D eigenvalue weighted by molar-refractivity contribution is -0.145. The van der Waals surface area contributed by atoms with Gasteiger partial charge in [-0.1, -0.05) is 109 Å². The van der Waals surface area contributed by atoms with Crippen molar-refractivity contribution in [2.45, 2.75) is 25.9 Å². The highest BCUT2D eigenvalue weighted by molar-refractivity contribution is 5.96. The molecule has 0 bridgehead atoms. The van der Waals surface area contributed by atoms with E-state index in [9.17, 15) is 9.90 Å². The fourth-order valence-corrected chi connectivity index (χ4v) is 5.21. The quantitative estimate of drug-likeness (QED) is 0.200. The number of carboxylic acids is 1. The Morgan fingerprint density at radius 1 is 0.732 bits per heavy atom. The third kappa shape index (κ3) is 5.92. The van der Waals surface area contributed by atoms with Gasteiger partial charge < -0.3 is 14.3 Å². The van der Waals surface area contributed by atoms with Crippen LogP contribution in [0.5, 0.6) is 5.75 Å². The molecule has 0 unspecified atom stereocenters. The van der Waals surface area contributed by atoms with Gasteiger partial charge in [-0.3, -0.25) is 0 Å². The Kier molecular flexibility index (Phi) is 7.38. The number of hydrogen-bond acceptors (Lipinski definition) is 3. The monoisotopic (exact) mass is 538 g/mol. The molecule has 0 saturated carbocycles. The molecule has 1 heterocycles. The van der Waals surface area contributed by atoms with Crippen molar-refractivity contribution in [3.63, 3.8) is 0 Å². The summed E-state index contributed by atoms with van der Waals surface area (Å²) in [5, 5.41) is 10.8. The summed E-state index contributed by atoms with van der Waals surface area (Å²) in [6, 6.07) is 42.3. The predicted octanol–water partition coefficient (Wildman–Crippen LogP) is 8.74. The Morgan fingerprint density at radius 3 is 1.95 bits per heavy atom. The Labute approximate surface area is 239 Å². The summed E-state index contributed by atoms with van der Waals surface area (Å²) in [5.41, 5.74) is 8.53. The molecule has 1 aromatic heterocycles. The van der Waals surface area contributed by atoms with Crippen molar-refractivity contribution >= 4 is 16.9 Å². The molecular weight excluding hydrogens is 508 g/mol. The Hall–Kier alpha value is -5.09. The number of furan rings is 1. The zero-order valence-electron chi connectivity index (χ0n) is 22.8. The number of carbonyl (C=O) groups is 1. The van der Waals surface area contributed by atoms with Crippen LogP contribution in [0.2, 0.25) is 0 Å². The molecule has 0 amide bonds. The first-order valence-electron chi connectivity index (χ1n) is 13.7. The highest BCUT2D eigenvalue weighted by Crippen LogP contribution is 2.37. The number of rotatable bonds is 9. The van der Waals surface area contributed by atoms with Gasteiger partial charge in [-0.25, -0.2) is 4.79 Å². The van der Waals surface area contributed by atoms with Crippen LogP contribution in [0.25, 0.3) is 33.2 Å². The molecule has 4 nitrogen and oxygen atoms in total. The van der Waals surface area contributed by atoms with Gasteiger partial charge in [0, 0.05) is 23.8 Å². The van der Waals surface area contributed by atoms with Crippen molar-refractivity contribution in [2.24, 2.45) is 0 Å². The largest absolute Gasteiger partial charge is 0.478 e. The van der Waals surface area contributed by atoms with Crippen LogP contribution in [-0.2, 0) is 17.6 Å². The zero-order valence-corrected chi connectivity index (χ0v) is 22.8. The van der Waals surface area contributed by atoms with Gasteiger partial charge in [0.2, 0.25) is 0 Å². The molecule has 0 radical (unpaired) electrons. The molecule has 4 heteroatoms. The molecule has 41 heavy (non-hydrogen) atoms. The zero-order chi connectivity index (χ0) is 28.2.